The number of aromatic nitrogens is 8. The van der Waals surface area contributed by atoms with Gasteiger partial charge in [-0.25, -0.2) is 29.9 Å². The molecule has 0 aliphatic rings. The van der Waals surface area contributed by atoms with E-state index in [4.69, 9.17) is 29.9 Å². The van der Waals surface area contributed by atoms with Gasteiger partial charge in [0.15, 0.2) is 11.6 Å². The van der Waals surface area contributed by atoms with Gasteiger partial charge in [0.1, 0.15) is 0 Å². The highest BCUT2D eigenvalue weighted by atomic mass is 15.0. The van der Waals surface area contributed by atoms with Crippen LogP contribution in [0.25, 0.3) is 276 Å². The Morgan fingerprint density at radius 1 is 0.134 bits per heavy atom. The van der Waals surface area contributed by atoms with Crippen LogP contribution >= 0.6 is 0 Å². The summed E-state index contributed by atoms with van der Waals surface area (Å²) in [6.45, 7) is 0. The van der Waals surface area contributed by atoms with Crippen LogP contribution in [-0.2, 0) is 0 Å². The molecule has 0 amide bonds. The quantitative estimate of drug-likeness (QED) is 0.101. The highest BCUT2D eigenvalue weighted by Crippen LogP contribution is 2.48. The summed E-state index contributed by atoms with van der Waals surface area (Å²) < 4.78 is 4.74. The van der Waals surface area contributed by atoms with E-state index in [2.05, 4.69) is 507 Å². The Morgan fingerprint density at radius 2 is 0.373 bits per heavy atom. The third-order valence-corrected chi connectivity index (χ3v) is 28.4. The maximum atomic E-state index is 5.38. The highest BCUT2D eigenvalue weighted by Gasteiger charge is 2.26. The second-order valence-corrected chi connectivity index (χ2v) is 36.6. The van der Waals surface area contributed by atoms with Gasteiger partial charge in [-0.15, -0.1) is 0 Å². The van der Waals surface area contributed by atoms with Crippen LogP contribution in [0.2, 0.25) is 0 Å². The Morgan fingerprint density at radius 3 is 0.746 bits per heavy atom. The summed E-state index contributed by atoms with van der Waals surface area (Å²) in [5.74, 6) is 1.36. The summed E-state index contributed by atoms with van der Waals surface area (Å²) in [5, 5.41) is 22.4. The molecule has 0 spiro atoms. The Kier molecular flexibility index (Phi) is 20.1. The molecule has 0 fully saturated rings. The van der Waals surface area contributed by atoms with Crippen molar-refractivity contribution in [3.05, 3.63) is 510 Å². The number of hydrogen-bond acceptors (Lipinski definition) is 6. The van der Waals surface area contributed by atoms with Gasteiger partial charge in [-0.05, 0) is 188 Å². The van der Waals surface area contributed by atoms with Crippen LogP contribution < -0.4 is 0 Å². The lowest BCUT2D eigenvalue weighted by Crippen LogP contribution is -1.97. The van der Waals surface area contributed by atoms with Crippen molar-refractivity contribution in [1.82, 2.24) is 39.0 Å². The molecule has 28 rings (SSSR count). The molecule has 8 heteroatoms. The number of benzene rings is 22. The third-order valence-electron chi connectivity index (χ3n) is 28.4. The van der Waals surface area contributed by atoms with Gasteiger partial charge in [0.05, 0.1) is 67.3 Å². The van der Waals surface area contributed by atoms with Gasteiger partial charge in [0, 0.05) is 88.2 Å². The van der Waals surface area contributed by atoms with Crippen LogP contribution in [0.5, 0.6) is 0 Å². The van der Waals surface area contributed by atoms with Crippen LogP contribution in [0.4, 0.5) is 0 Å². The van der Waals surface area contributed by atoms with E-state index in [1.54, 1.807) is 0 Å². The minimum atomic E-state index is 0.679. The van der Waals surface area contributed by atoms with E-state index in [0.29, 0.717) is 11.6 Å². The SMILES string of the molecule is c1ccc(-c2cc(-c3ccc(-c4ccc(-c5nc6ccccc6c6c7ccccc7n(-c7ccccc7)c56)cc4)cc3)nc(-c3ccc(-c4ccc5c6ccccc6c6ccccc6c5c4)cc3)n2)cc1.c1ccc(-c2cc(-c3cccc(-c4ccc5c6ccccc6c6ccccc6c5c4)c3)nc(-c3ccc(-c4ccc(-c5nc6ccccc6c6c7ccccc7n(-c7ccccc7)c56)cc4)cc3)n2)cc1. The molecule has 0 atom stereocenters. The lowest BCUT2D eigenvalue weighted by molar-refractivity contribution is 1.17. The molecule has 8 nitrogen and oxygen atoms in total. The molecular formula is C134H84N8. The fourth-order valence-electron chi connectivity index (χ4n) is 21.6. The van der Waals surface area contributed by atoms with Crippen molar-refractivity contribution >= 4 is 130 Å². The van der Waals surface area contributed by atoms with Crippen LogP contribution in [-0.4, -0.2) is 39.0 Å². The Balaban J connectivity index is 0.000000142. The molecule has 0 radical (unpaired) electrons. The maximum Gasteiger partial charge on any atom is 0.160 e. The summed E-state index contributed by atoms with van der Waals surface area (Å²) in [4.78, 5) is 31.6. The number of nitrogens with zero attached hydrogens (tertiary/aromatic N) is 8. The van der Waals surface area contributed by atoms with Gasteiger partial charge in [0.2, 0.25) is 0 Å². The van der Waals surface area contributed by atoms with Crippen LogP contribution in [0.15, 0.2) is 510 Å². The second-order valence-electron chi connectivity index (χ2n) is 36.6. The van der Waals surface area contributed by atoms with Crippen molar-refractivity contribution in [2.75, 3.05) is 0 Å². The zero-order chi connectivity index (χ0) is 93.7. The molecule has 6 heterocycles. The number of fused-ring (bicyclic) bond motifs is 22. The standard InChI is InChI=1S/2C67H42N4/c1-3-16-45(17-4-1)61-42-62(50-19-15-18-48(40-50)49-38-39-56-54-24-8-7-22-52(54)53-23-9-10-25-55(53)59(56)41-49)70-67(69-61)47-36-32-44(33-37-47)43-30-34-46(35-31-43)65-66-64(57-26-11-13-28-60(57)68-65)58-27-12-14-29-63(58)71(66)51-20-5-2-6-21-51;1-3-15-46(16-4-1)61-42-62(70-67(69-61)49-37-31-45(32-38-49)50-39-40-56-54-21-8-7-19-52(54)53-20-9-10-22-55(53)59(56)41-50)47-33-27-43(28-34-47)44-29-35-48(36-30-44)65-66-64(57-23-11-13-25-60(57)68-65)58-24-12-14-26-63(58)71(66)51-17-5-2-6-18-51/h2*1-42H. The first-order chi connectivity index (χ1) is 70.4. The number of para-hydroxylation sites is 6. The van der Waals surface area contributed by atoms with Gasteiger partial charge in [-0.2, -0.15) is 0 Å². The normalized spacial score (nSPS) is 11.7. The van der Waals surface area contributed by atoms with Crippen molar-refractivity contribution in [2.45, 2.75) is 0 Å². The van der Waals surface area contributed by atoms with E-state index in [-0.39, 0.29) is 0 Å². The van der Waals surface area contributed by atoms with Gasteiger partial charge in [-0.3, -0.25) is 0 Å². The van der Waals surface area contributed by atoms with E-state index in [9.17, 15) is 0 Å². The number of rotatable bonds is 14. The lowest BCUT2D eigenvalue weighted by Gasteiger charge is -2.13. The Labute approximate surface area is 819 Å². The molecule has 142 heavy (non-hydrogen) atoms. The van der Waals surface area contributed by atoms with Crippen LogP contribution in [0.1, 0.15) is 0 Å². The average Bonchev–Trinajstić information content (AvgIpc) is 1.56. The summed E-state index contributed by atoms with van der Waals surface area (Å²) in [6.07, 6.45) is 0. The second kappa shape index (κ2) is 34.7. The third kappa shape index (κ3) is 14.5. The van der Waals surface area contributed by atoms with Gasteiger partial charge >= 0.3 is 0 Å². The molecule has 660 valence electrons. The number of hydrogen-bond donors (Lipinski definition) is 0. The summed E-state index contributed by atoms with van der Waals surface area (Å²) in [7, 11) is 0. The molecule has 0 aliphatic heterocycles. The topological polar surface area (TPSA) is 87.2 Å². The smallest absolute Gasteiger partial charge is 0.160 e. The molecular weight excluding hydrogens is 1720 g/mol. The van der Waals surface area contributed by atoms with Gasteiger partial charge < -0.3 is 9.13 Å². The Bertz CT molecular complexity index is 9780. The molecule has 0 N–H and O–H groups in total. The van der Waals surface area contributed by atoms with Crippen molar-refractivity contribution in [1.29, 1.82) is 0 Å². The van der Waals surface area contributed by atoms with E-state index in [0.717, 1.165) is 173 Å². The summed E-state index contributed by atoms with van der Waals surface area (Å²) in [6, 6.07) is 182. The van der Waals surface area contributed by atoms with E-state index >= 15 is 0 Å². The summed E-state index contributed by atoms with van der Waals surface area (Å²) >= 11 is 0. The van der Waals surface area contributed by atoms with Gasteiger partial charge in [-0.1, -0.05) is 431 Å². The molecule has 0 saturated carbocycles. The minimum absolute atomic E-state index is 0.679. The predicted molar refractivity (Wildman–Crippen MR) is 594 cm³/mol. The first kappa shape index (κ1) is 82.4. The maximum absolute atomic E-state index is 5.38. The highest BCUT2D eigenvalue weighted by molar-refractivity contribution is 6.29. The van der Waals surface area contributed by atoms with Crippen LogP contribution in [0.3, 0.4) is 0 Å². The van der Waals surface area contributed by atoms with E-state index < -0.39 is 0 Å². The van der Waals surface area contributed by atoms with Crippen molar-refractivity contribution in [3.8, 4) is 146 Å². The number of pyridine rings is 2. The van der Waals surface area contributed by atoms with E-state index in [1.807, 2.05) is 12.1 Å². The fraction of sp³-hybridized carbons (Fsp3) is 0. The predicted octanol–water partition coefficient (Wildman–Crippen LogP) is 35.2. The molecule has 0 bridgehead atoms. The van der Waals surface area contributed by atoms with Gasteiger partial charge in [0.25, 0.3) is 0 Å². The first-order valence-electron chi connectivity index (χ1n) is 48.3. The molecule has 28 aromatic rings. The van der Waals surface area contributed by atoms with Crippen molar-refractivity contribution in [3.63, 3.8) is 0 Å². The molecule has 22 aromatic carbocycles. The Hall–Kier alpha value is -19.0. The first-order valence-corrected chi connectivity index (χ1v) is 48.3. The van der Waals surface area contributed by atoms with Crippen LogP contribution in [0, 0.1) is 0 Å². The molecule has 0 unspecified atom stereocenters. The monoisotopic (exact) mass is 1800 g/mol. The molecule has 0 aliphatic carbocycles. The van der Waals surface area contributed by atoms with Crippen molar-refractivity contribution < 1.29 is 0 Å². The fourth-order valence-corrected chi connectivity index (χ4v) is 21.6. The zero-order valence-electron chi connectivity index (χ0n) is 77.1. The lowest BCUT2D eigenvalue weighted by atomic mass is 9.91. The average molecular weight is 1810 g/mol. The molecule has 6 aromatic heterocycles. The van der Waals surface area contributed by atoms with E-state index in [1.165, 1.54) is 91.7 Å². The molecule has 0 saturated heterocycles. The largest absolute Gasteiger partial charge is 0.307 e. The van der Waals surface area contributed by atoms with Crippen molar-refractivity contribution in [2.24, 2.45) is 0 Å². The zero-order valence-corrected chi connectivity index (χ0v) is 77.1. The minimum Gasteiger partial charge on any atom is -0.307 e. The summed E-state index contributed by atoms with van der Waals surface area (Å²) in [5.41, 5.74) is 31.4.